The molecule has 1 aromatic carbocycles. The topological polar surface area (TPSA) is 20.2 Å². The predicted molar refractivity (Wildman–Crippen MR) is 81.7 cm³/mol. The summed E-state index contributed by atoms with van der Waals surface area (Å²) in [5, 5.41) is 11.3. The van der Waals surface area contributed by atoms with Gasteiger partial charge in [-0.2, -0.15) is 8.78 Å². The summed E-state index contributed by atoms with van der Waals surface area (Å²) in [6.07, 6.45) is -1.71. The highest BCUT2D eigenvalue weighted by molar-refractivity contribution is 8.02. The highest BCUT2D eigenvalue weighted by Crippen LogP contribution is 2.42. The Hall–Kier alpha value is -1.03. The van der Waals surface area contributed by atoms with Crippen LogP contribution < -0.4 is 0 Å². The lowest BCUT2D eigenvalue weighted by molar-refractivity contribution is 0.422. The van der Waals surface area contributed by atoms with Crippen LogP contribution in [0.4, 0.5) is 8.78 Å². The molecular weight excluding hydrogens is 278 g/mol. The average Bonchev–Trinajstić information content (AvgIpc) is 2.24. The van der Waals surface area contributed by atoms with Crippen molar-refractivity contribution < 1.29 is 13.9 Å². The number of benzene rings is 1. The molecule has 20 heavy (non-hydrogen) atoms. The molecule has 0 saturated heterocycles. The van der Waals surface area contributed by atoms with Gasteiger partial charge in [-0.05, 0) is 23.0 Å². The van der Waals surface area contributed by atoms with E-state index in [-0.39, 0.29) is 16.6 Å². The molecule has 0 heterocycles. The van der Waals surface area contributed by atoms with Gasteiger partial charge in [0.15, 0.2) is 0 Å². The van der Waals surface area contributed by atoms with E-state index in [1.165, 1.54) is 0 Å². The Bertz CT molecular complexity index is 483. The van der Waals surface area contributed by atoms with Crippen LogP contribution in [0.25, 0.3) is 0 Å². The number of halogens is 2. The molecule has 0 aliphatic rings. The molecule has 1 N–H and O–H groups in total. The van der Waals surface area contributed by atoms with Crippen LogP contribution in [0.3, 0.4) is 0 Å². The fourth-order valence-corrected chi connectivity index (χ4v) is 2.53. The van der Waals surface area contributed by atoms with Crippen LogP contribution in [0.2, 0.25) is 0 Å². The van der Waals surface area contributed by atoms with Gasteiger partial charge in [-0.1, -0.05) is 53.3 Å². The minimum atomic E-state index is -1.71. The van der Waals surface area contributed by atoms with Crippen LogP contribution in [-0.2, 0) is 10.8 Å². The summed E-state index contributed by atoms with van der Waals surface area (Å²) in [6.45, 7) is 12.0. The lowest BCUT2D eigenvalue weighted by Crippen LogP contribution is -2.17. The summed E-state index contributed by atoms with van der Waals surface area (Å²) in [6, 6.07) is 3.57. The van der Waals surface area contributed by atoms with Crippen molar-refractivity contribution in [3.63, 3.8) is 0 Å². The molecule has 0 aliphatic heterocycles. The molecule has 0 aromatic heterocycles. The van der Waals surface area contributed by atoms with Gasteiger partial charge in [0.25, 0.3) is 6.08 Å². The average molecular weight is 300 g/mol. The van der Waals surface area contributed by atoms with Crippen molar-refractivity contribution in [2.45, 2.75) is 57.3 Å². The number of phenols is 1. The van der Waals surface area contributed by atoms with Crippen LogP contribution in [0.1, 0.15) is 52.7 Å². The Morgan fingerprint density at radius 1 is 1.00 bits per heavy atom. The van der Waals surface area contributed by atoms with E-state index in [9.17, 15) is 13.9 Å². The van der Waals surface area contributed by atoms with E-state index in [0.717, 1.165) is 28.3 Å². The van der Waals surface area contributed by atoms with Gasteiger partial charge < -0.3 is 5.11 Å². The summed E-state index contributed by atoms with van der Waals surface area (Å²) >= 11 is 0.975. The zero-order chi connectivity index (χ0) is 15.7. The summed E-state index contributed by atoms with van der Waals surface area (Å²) in [7, 11) is 0. The van der Waals surface area contributed by atoms with Gasteiger partial charge in [0.2, 0.25) is 0 Å². The third kappa shape index (κ3) is 4.23. The molecule has 0 amide bonds. The van der Waals surface area contributed by atoms with Crippen molar-refractivity contribution in [2.75, 3.05) is 0 Å². The van der Waals surface area contributed by atoms with Gasteiger partial charge in [-0.15, -0.1) is 0 Å². The smallest absolute Gasteiger partial charge is 0.276 e. The van der Waals surface area contributed by atoms with Crippen LogP contribution >= 0.6 is 11.8 Å². The number of rotatable bonds is 2. The lowest BCUT2D eigenvalue weighted by Gasteiger charge is -2.28. The van der Waals surface area contributed by atoms with Crippen molar-refractivity contribution in [1.29, 1.82) is 0 Å². The Kier molecular flexibility index (Phi) is 4.90. The van der Waals surface area contributed by atoms with Gasteiger partial charge in [-0.25, -0.2) is 0 Å². The lowest BCUT2D eigenvalue weighted by atomic mass is 9.79. The van der Waals surface area contributed by atoms with Crippen molar-refractivity contribution in [1.82, 2.24) is 0 Å². The van der Waals surface area contributed by atoms with Gasteiger partial charge >= 0.3 is 0 Å². The number of thioether (sulfide) groups is 1. The molecule has 112 valence electrons. The maximum atomic E-state index is 12.3. The first-order chi connectivity index (χ1) is 8.93. The van der Waals surface area contributed by atoms with Crippen LogP contribution in [0.5, 0.6) is 5.75 Å². The monoisotopic (exact) mass is 300 g/mol. The number of phenolic OH excluding ortho intramolecular Hbond substituents is 1. The third-order valence-electron chi connectivity index (χ3n) is 2.98. The van der Waals surface area contributed by atoms with E-state index in [1.807, 2.05) is 41.5 Å². The second kappa shape index (κ2) is 5.76. The zero-order valence-corrected chi connectivity index (χ0v) is 13.7. The molecule has 1 rings (SSSR count). The summed E-state index contributed by atoms with van der Waals surface area (Å²) in [4.78, 5) is 0.713. The second-order valence-corrected chi connectivity index (χ2v) is 7.84. The minimum Gasteiger partial charge on any atom is -0.507 e. The highest BCUT2D eigenvalue weighted by Gasteiger charge is 2.26. The van der Waals surface area contributed by atoms with E-state index in [1.54, 1.807) is 12.1 Å². The number of hydrogen-bond donors (Lipinski definition) is 1. The Balaban J connectivity index is 3.46. The fraction of sp³-hybridized carbons (Fsp3) is 0.500. The molecule has 0 bridgehead atoms. The normalized spacial score (nSPS) is 12.4. The number of aromatic hydroxyl groups is 1. The largest absolute Gasteiger partial charge is 0.507 e. The summed E-state index contributed by atoms with van der Waals surface area (Å²) in [5.41, 5.74) is 1.05. The standard InChI is InChI=1S/C16H22F2OS/c1-15(2,3)11-7-10(20-9-13(17)18)8-12(14(11)19)16(4,5)6/h7-9,19H,1-6H3. The molecule has 1 aromatic rings. The molecule has 4 heteroatoms. The SMILES string of the molecule is CC(C)(C)c1cc(SC=C(F)F)cc(C(C)(C)C)c1O. The van der Waals surface area contributed by atoms with E-state index in [0.29, 0.717) is 4.90 Å². The quantitative estimate of drug-likeness (QED) is 0.695. The molecule has 0 radical (unpaired) electrons. The van der Waals surface area contributed by atoms with Crippen LogP contribution in [0.15, 0.2) is 28.5 Å². The van der Waals surface area contributed by atoms with Crippen molar-refractivity contribution >= 4 is 11.8 Å². The van der Waals surface area contributed by atoms with E-state index < -0.39 is 6.08 Å². The molecular formula is C16H22F2OS. The summed E-state index contributed by atoms with van der Waals surface area (Å²) < 4.78 is 24.5. The first kappa shape index (κ1) is 17.0. The van der Waals surface area contributed by atoms with Crippen molar-refractivity contribution in [3.8, 4) is 5.75 Å². The second-order valence-electron chi connectivity index (χ2n) is 6.89. The third-order valence-corrected chi connectivity index (χ3v) is 3.79. The van der Waals surface area contributed by atoms with Gasteiger partial charge in [0, 0.05) is 21.4 Å². The van der Waals surface area contributed by atoms with Crippen molar-refractivity contribution in [2.24, 2.45) is 0 Å². The molecule has 0 atom stereocenters. The highest BCUT2D eigenvalue weighted by atomic mass is 32.2. The van der Waals surface area contributed by atoms with E-state index >= 15 is 0 Å². The number of hydrogen-bond acceptors (Lipinski definition) is 2. The molecule has 0 unspecified atom stereocenters. The zero-order valence-electron chi connectivity index (χ0n) is 12.8. The van der Waals surface area contributed by atoms with Crippen molar-refractivity contribution in [3.05, 3.63) is 34.7 Å². The first-order valence-electron chi connectivity index (χ1n) is 6.48. The molecule has 0 saturated carbocycles. The summed E-state index contributed by atoms with van der Waals surface area (Å²) in [5.74, 6) is 0.263. The Morgan fingerprint density at radius 3 is 1.70 bits per heavy atom. The molecule has 1 nitrogen and oxygen atoms in total. The molecule has 0 spiro atoms. The first-order valence-corrected chi connectivity index (χ1v) is 7.36. The maximum Gasteiger partial charge on any atom is 0.276 e. The minimum absolute atomic E-state index is 0.251. The Morgan fingerprint density at radius 2 is 1.40 bits per heavy atom. The van der Waals surface area contributed by atoms with E-state index in [2.05, 4.69) is 0 Å². The predicted octanol–water partition coefficient (Wildman–Crippen LogP) is 5.82. The van der Waals surface area contributed by atoms with E-state index in [4.69, 9.17) is 0 Å². The van der Waals surface area contributed by atoms with Crippen LogP contribution in [0, 0.1) is 0 Å². The molecule has 0 aliphatic carbocycles. The molecule has 0 fully saturated rings. The van der Waals surface area contributed by atoms with Crippen LogP contribution in [-0.4, -0.2) is 5.11 Å². The van der Waals surface area contributed by atoms with Gasteiger partial charge in [0.05, 0.1) is 0 Å². The fourth-order valence-electron chi connectivity index (χ4n) is 1.93. The Labute approximate surface area is 124 Å². The van der Waals surface area contributed by atoms with Gasteiger partial charge in [-0.3, -0.25) is 0 Å². The van der Waals surface area contributed by atoms with Gasteiger partial charge in [0.1, 0.15) is 5.75 Å². The maximum absolute atomic E-state index is 12.3.